The fourth-order valence-electron chi connectivity index (χ4n) is 3.75. The summed E-state index contributed by atoms with van der Waals surface area (Å²) < 4.78 is 11.1. The Kier molecular flexibility index (Phi) is 7.67. The minimum Gasteiger partial charge on any atom is -0.497 e. The largest absolute Gasteiger partial charge is 0.497 e. The molecule has 156 valence electrons. The summed E-state index contributed by atoms with van der Waals surface area (Å²) in [7, 11) is 3.77. The summed E-state index contributed by atoms with van der Waals surface area (Å²) in [5.74, 6) is 0.539. The molecule has 0 spiro atoms. The minimum atomic E-state index is -0.788. The van der Waals surface area contributed by atoms with E-state index in [9.17, 15) is 9.90 Å². The molecule has 2 heterocycles. The summed E-state index contributed by atoms with van der Waals surface area (Å²) in [5.41, 5.74) is 0.978. The number of likely N-dealkylation sites (N-methyl/N-ethyl adjacent to an activating group) is 1. The first-order valence-corrected chi connectivity index (χ1v) is 10.2. The average Bonchev–Trinajstić information content (AvgIpc) is 2.73. The molecule has 3 unspecified atom stereocenters. The first kappa shape index (κ1) is 21.0. The maximum Gasteiger partial charge on any atom is 0.252 e. The van der Waals surface area contributed by atoms with E-state index in [-0.39, 0.29) is 12.0 Å². The fourth-order valence-corrected chi connectivity index (χ4v) is 3.75. The van der Waals surface area contributed by atoms with E-state index >= 15 is 0 Å². The minimum absolute atomic E-state index is 0.0276. The number of hydrogen-bond acceptors (Lipinski definition) is 6. The van der Waals surface area contributed by atoms with Gasteiger partial charge < -0.3 is 29.7 Å². The van der Waals surface area contributed by atoms with Crippen LogP contribution < -0.4 is 10.1 Å². The Morgan fingerprint density at radius 2 is 1.93 bits per heavy atom. The number of carbonyl (C=O) groups is 1. The zero-order chi connectivity index (χ0) is 19.9. The molecule has 2 saturated heterocycles. The van der Waals surface area contributed by atoms with Gasteiger partial charge in [-0.3, -0.25) is 4.79 Å². The predicted octanol–water partition coefficient (Wildman–Crippen LogP) is 0.857. The van der Waals surface area contributed by atoms with Crippen LogP contribution >= 0.6 is 0 Å². The first-order valence-electron chi connectivity index (χ1n) is 10.2. The van der Waals surface area contributed by atoms with Crippen molar-refractivity contribution in [1.82, 2.24) is 15.1 Å². The molecule has 7 nitrogen and oxygen atoms in total. The van der Waals surface area contributed by atoms with Crippen LogP contribution in [0.15, 0.2) is 24.3 Å². The number of benzene rings is 1. The molecule has 2 N–H and O–H groups in total. The van der Waals surface area contributed by atoms with Crippen molar-refractivity contribution in [3.63, 3.8) is 0 Å². The number of methoxy groups -OCH3 is 1. The summed E-state index contributed by atoms with van der Waals surface area (Å²) in [5, 5.41) is 13.1. The van der Waals surface area contributed by atoms with Crippen LogP contribution in [0.3, 0.4) is 0 Å². The van der Waals surface area contributed by atoms with Crippen molar-refractivity contribution in [2.75, 3.05) is 46.9 Å². The molecule has 1 aromatic carbocycles. The van der Waals surface area contributed by atoms with Gasteiger partial charge in [0.25, 0.3) is 5.91 Å². The van der Waals surface area contributed by atoms with Crippen molar-refractivity contribution in [2.24, 2.45) is 0 Å². The molecule has 1 aromatic rings. The van der Waals surface area contributed by atoms with Gasteiger partial charge in [-0.05, 0) is 44.0 Å². The van der Waals surface area contributed by atoms with Gasteiger partial charge in [0.15, 0.2) is 6.10 Å². The molecule has 7 heteroatoms. The van der Waals surface area contributed by atoms with Gasteiger partial charge in [0, 0.05) is 39.3 Å². The molecule has 0 bridgehead atoms. The highest BCUT2D eigenvalue weighted by Gasteiger charge is 2.35. The fraction of sp³-hybridized carbons (Fsp3) is 0.667. The van der Waals surface area contributed by atoms with Crippen molar-refractivity contribution in [3.8, 4) is 5.75 Å². The van der Waals surface area contributed by atoms with Gasteiger partial charge in [-0.25, -0.2) is 0 Å². The normalized spacial score (nSPS) is 26.8. The van der Waals surface area contributed by atoms with Gasteiger partial charge in [0.05, 0.1) is 19.3 Å². The number of aliphatic hydroxyl groups excluding tert-OH is 1. The van der Waals surface area contributed by atoms with Gasteiger partial charge in [-0.15, -0.1) is 0 Å². The first-order chi connectivity index (χ1) is 13.5. The number of rotatable bonds is 7. The maximum absolute atomic E-state index is 12.6. The molecular formula is C21H33N3O4. The predicted molar refractivity (Wildman–Crippen MR) is 107 cm³/mol. The van der Waals surface area contributed by atoms with Crippen molar-refractivity contribution >= 4 is 5.91 Å². The number of piperazine rings is 1. The van der Waals surface area contributed by atoms with Gasteiger partial charge in [-0.1, -0.05) is 12.1 Å². The summed E-state index contributed by atoms with van der Waals surface area (Å²) in [6.45, 7) is 5.74. The topological polar surface area (TPSA) is 74.3 Å². The summed E-state index contributed by atoms with van der Waals surface area (Å²) in [6.07, 6.45) is 0.809. The lowest BCUT2D eigenvalue weighted by molar-refractivity contribution is -0.158. The lowest BCUT2D eigenvalue weighted by atomic mass is 9.98. The molecule has 0 aromatic heterocycles. The number of ether oxygens (including phenoxy) is 2. The average molecular weight is 392 g/mol. The zero-order valence-corrected chi connectivity index (χ0v) is 17.0. The molecular weight excluding hydrogens is 358 g/mol. The van der Waals surface area contributed by atoms with Gasteiger partial charge in [0.2, 0.25) is 0 Å². The Balaban J connectivity index is 1.44. The van der Waals surface area contributed by atoms with E-state index in [0.717, 1.165) is 56.9 Å². The van der Waals surface area contributed by atoms with E-state index in [1.165, 1.54) is 0 Å². The maximum atomic E-state index is 12.6. The second-order valence-corrected chi connectivity index (χ2v) is 7.82. The zero-order valence-electron chi connectivity index (χ0n) is 17.0. The third-order valence-corrected chi connectivity index (χ3v) is 5.72. The van der Waals surface area contributed by atoms with E-state index < -0.39 is 12.2 Å². The van der Waals surface area contributed by atoms with Crippen LogP contribution in [0, 0.1) is 0 Å². The number of amides is 1. The van der Waals surface area contributed by atoms with E-state index in [4.69, 9.17) is 9.47 Å². The van der Waals surface area contributed by atoms with Crippen molar-refractivity contribution in [2.45, 2.75) is 44.1 Å². The van der Waals surface area contributed by atoms with Gasteiger partial charge in [-0.2, -0.15) is 0 Å². The molecule has 1 amide bonds. The van der Waals surface area contributed by atoms with Crippen LogP contribution in [0.4, 0.5) is 0 Å². The molecule has 28 heavy (non-hydrogen) atoms. The van der Waals surface area contributed by atoms with Crippen LogP contribution in [-0.4, -0.2) is 86.0 Å². The molecule has 2 fully saturated rings. The SMILES string of the molecule is COc1ccc(CNC(=O)C2OC(CCN3CCN(C)CC3)CCC2O)cc1. The van der Waals surface area contributed by atoms with E-state index in [1.807, 2.05) is 24.3 Å². The van der Waals surface area contributed by atoms with Gasteiger partial charge in [0.1, 0.15) is 5.75 Å². The second-order valence-electron chi connectivity index (χ2n) is 7.82. The molecule has 3 rings (SSSR count). The van der Waals surface area contributed by atoms with Crippen molar-refractivity contribution < 1.29 is 19.4 Å². The Morgan fingerprint density at radius 3 is 2.61 bits per heavy atom. The van der Waals surface area contributed by atoms with Crippen LogP contribution in [0.2, 0.25) is 0 Å². The summed E-state index contributed by atoms with van der Waals surface area (Å²) >= 11 is 0. The Hall–Kier alpha value is -1.67. The molecule has 0 radical (unpaired) electrons. The highest BCUT2D eigenvalue weighted by Crippen LogP contribution is 2.23. The second kappa shape index (κ2) is 10.2. The lowest BCUT2D eigenvalue weighted by Crippen LogP contribution is -2.50. The van der Waals surface area contributed by atoms with Crippen LogP contribution in [-0.2, 0) is 16.1 Å². The number of nitrogens with zero attached hydrogens (tertiary/aromatic N) is 2. The smallest absolute Gasteiger partial charge is 0.252 e. The van der Waals surface area contributed by atoms with Crippen molar-refractivity contribution in [1.29, 1.82) is 0 Å². The van der Waals surface area contributed by atoms with E-state index in [0.29, 0.717) is 13.0 Å². The van der Waals surface area contributed by atoms with E-state index in [2.05, 4.69) is 22.2 Å². The third-order valence-electron chi connectivity index (χ3n) is 5.72. The Labute approximate surface area is 167 Å². The third kappa shape index (κ3) is 5.91. The van der Waals surface area contributed by atoms with Crippen molar-refractivity contribution in [3.05, 3.63) is 29.8 Å². The highest BCUT2D eigenvalue weighted by atomic mass is 16.5. The number of carbonyl (C=O) groups excluding carboxylic acids is 1. The molecule has 0 aliphatic carbocycles. The number of aliphatic hydroxyl groups is 1. The summed E-state index contributed by atoms with van der Waals surface area (Å²) in [6, 6.07) is 7.55. The van der Waals surface area contributed by atoms with Gasteiger partial charge >= 0.3 is 0 Å². The number of hydrogen-bond donors (Lipinski definition) is 2. The molecule has 2 aliphatic heterocycles. The number of nitrogens with one attached hydrogen (secondary N) is 1. The standard InChI is InChI=1S/C21H33N3O4/c1-23-11-13-24(14-12-23)10-9-18-7-8-19(25)20(28-18)21(26)22-15-16-3-5-17(27-2)6-4-16/h3-6,18-20,25H,7-15H2,1-2H3,(H,22,26). The lowest BCUT2D eigenvalue weighted by Gasteiger charge is -2.36. The molecule has 3 atom stereocenters. The summed E-state index contributed by atoms with van der Waals surface area (Å²) in [4.78, 5) is 17.3. The molecule has 0 saturated carbocycles. The van der Waals surface area contributed by atoms with Crippen LogP contribution in [0.5, 0.6) is 5.75 Å². The molecule has 2 aliphatic rings. The monoisotopic (exact) mass is 391 g/mol. The Morgan fingerprint density at radius 1 is 1.21 bits per heavy atom. The van der Waals surface area contributed by atoms with Crippen LogP contribution in [0.25, 0.3) is 0 Å². The Bertz CT molecular complexity index is 617. The van der Waals surface area contributed by atoms with Crippen LogP contribution in [0.1, 0.15) is 24.8 Å². The quantitative estimate of drug-likeness (QED) is 0.718. The van der Waals surface area contributed by atoms with E-state index in [1.54, 1.807) is 7.11 Å². The highest BCUT2D eigenvalue weighted by molar-refractivity contribution is 5.81.